The van der Waals surface area contributed by atoms with E-state index in [9.17, 15) is 4.79 Å². The van der Waals surface area contributed by atoms with Crippen molar-refractivity contribution in [3.63, 3.8) is 0 Å². The van der Waals surface area contributed by atoms with Crippen molar-refractivity contribution in [3.8, 4) is 0 Å². The van der Waals surface area contributed by atoms with Gasteiger partial charge in [0.15, 0.2) is 0 Å². The molecule has 0 heterocycles. The zero-order valence-electron chi connectivity index (χ0n) is 10.9. The minimum Gasteiger partial charge on any atom is -0.326 e. The number of thioether (sulfide) groups is 1. The summed E-state index contributed by atoms with van der Waals surface area (Å²) in [7, 11) is 1.89. The van der Waals surface area contributed by atoms with Crippen LogP contribution in [0.5, 0.6) is 0 Å². The Morgan fingerprint density at radius 2 is 2.17 bits per heavy atom. The second-order valence-electron chi connectivity index (χ2n) is 3.72. The maximum absolute atomic E-state index is 11.6. The van der Waals surface area contributed by atoms with Crippen molar-refractivity contribution >= 4 is 35.8 Å². The van der Waals surface area contributed by atoms with Crippen molar-refractivity contribution in [2.24, 2.45) is 0 Å². The fourth-order valence-corrected chi connectivity index (χ4v) is 2.20. The number of nitrogens with one attached hydrogen (secondary N) is 2. The van der Waals surface area contributed by atoms with Crippen LogP contribution >= 0.6 is 24.2 Å². The normalized spacial score (nSPS) is 9.67. The summed E-state index contributed by atoms with van der Waals surface area (Å²) in [6.07, 6.45) is 1.43. The van der Waals surface area contributed by atoms with Crippen LogP contribution in [0.2, 0.25) is 0 Å². The fraction of sp³-hybridized carbons (Fsp3) is 0.462. The molecule has 0 fully saturated rings. The first-order chi connectivity index (χ1) is 8.26. The molecule has 2 N–H and O–H groups in total. The van der Waals surface area contributed by atoms with Crippen molar-refractivity contribution in [3.05, 3.63) is 24.3 Å². The van der Waals surface area contributed by atoms with Gasteiger partial charge in [-0.15, -0.1) is 24.2 Å². The molecule has 1 aromatic carbocycles. The summed E-state index contributed by atoms with van der Waals surface area (Å²) in [5.41, 5.74) is 0.887. The number of benzene rings is 1. The van der Waals surface area contributed by atoms with Gasteiger partial charge in [-0.1, -0.05) is 13.0 Å². The van der Waals surface area contributed by atoms with Crippen LogP contribution in [0.25, 0.3) is 0 Å². The summed E-state index contributed by atoms with van der Waals surface area (Å²) >= 11 is 1.78. The minimum atomic E-state index is 0. The Kier molecular flexibility index (Phi) is 9.83. The Balaban J connectivity index is 0.00000289. The van der Waals surface area contributed by atoms with Crippen molar-refractivity contribution in [1.82, 2.24) is 5.32 Å². The molecule has 1 aromatic rings. The highest BCUT2D eigenvalue weighted by Gasteiger charge is 2.02. The molecule has 0 radical (unpaired) electrons. The van der Waals surface area contributed by atoms with Crippen LogP contribution in [0.4, 0.5) is 5.69 Å². The molecule has 0 saturated carbocycles. The number of anilines is 1. The van der Waals surface area contributed by atoms with E-state index < -0.39 is 0 Å². The SMILES string of the molecule is CCSc1cccc(NC(=O)CCCNC)c1.Cl. The quantitative estimate of drug-likeness (QED) is 0.598. The third-order valence-electron chi connectivity index (χ3n) is 2.26. The lowest BCUT2D eigenvalue weighted by Crippen LogP contribution is -2.15. The minimum absolute atomic E-state index is 0. The second kappa shape index (κ2) is 10.2. The first kappa shape index (κ1) is 17.3. The maximum Gasteiger partial charge on any atom is 0.224 e. The molecule has 1 amide bonds. The van der Waals surface area contributed by atoms with Crippen molar-refractivity contribution in [1.29, 1.82) is 0 Å². The van der Waals surface area contributed by atoms with E-state index in [1.54, 1.807) is 11.8 Å². The van der Waals surface area contributed by atoms with E-state index in [-0.39, 0.29) is 18.3 Å². The number of hydrogen-bond donors (Lipinski definition) is 2. The van der Waals surface area contributed by atoms with Crippen molar-refractivity contribution in [2.45, 2.75) is 24.7 Å². The molecule has 0 spiro atoms. The lowest BCUT2D eigenvalue weighted by atomic mass is 10.2. The lowest BCUT2D eigenvalue weighted by molar-refractivity contribution is -0.116. The molecule has 0 atom stereocenters. The molecule has 0 aromatic heterocycles. The van der Waals surface area contributed by atoms with Gasteiger partial charge in [0, 0.05) is 17.0 Å². The van der Waals surface area contributed by atoms with Gasteiger partial charge in [0.1, 0.15) is 0 Å². The molecule has 5 heteroatoms. The summed E-state index contributed by atoms with van der Waals surface area (Å²) in [4.78, 5) is 12.8. The molecule has 0 saturated heterocycles. The Morgan fingerprint density at radius 3 is 2.83 bits per heavy atom. The standard InChI is InChI=1S/C13H20N2OS.ClH/c1-3-17-12-7-4-6-11(10-12)15-13(16)8-5-9-14-2;/h4,6-7,10,14H,3,5,8-9H2,1-2H3,(H,15,16);1H. The van der Waals surface area contributed by atoms with Crippen LogP contribution in [0, 0.1) is 0 Å². The predicted molar refractivity (Wildman–Crippen MR) is 81.9 cm³/mol. The summed E-state index contributed by atoms with van der Waals surface area (Å²) in [5, 5.41) is 5.95. The molecule has 0 aliphatic carbocycles. The van der Waals surface area contributed by atoms with E-state index in [1.165, 1.54) is 4.90 Å². The lowest BCUT2D eigenvalue weighted by Gasteiger charge is -2.06. The molecule has 0 unspecified atom stereocenters. The molecular weight excluding hydrogens is 268 g/mol. The molecule has 102 valence electrons. The highest BCUT2D eigenvalue weighted by Crippen LogP contribution is 2.21. The maximum atomic E-state index is 11.6. The number of hydrogen-bond acceptors (Lipinski definition) is 3. The molecule has 1 rings (SSSR count). The highest BCUT2D eigenvalue weighted by molar-refractivity contribution is 7.99. The fourth-order valence-electron chi connectivity index (χ4n) is 1.48. The topological polar surface area (TPSA) is 41.1 Å². The van der Waals surface area contributed by atoms with Gasteiger partial charge in [-0.3, -0.25) is 4.79 Å². The molecule has 0 aliphatic heterocycles. The Hall–Kier alpha value is -0.710. The summed E-state index contributed by atoms with van der Waals surface area (Å²) in [5.74, 6) is 1.12. The van der Waals surface area contributed by atoms with E-state index in [1.807, 2.05) is 25.2 Å². The average molecular weight is 289 g/mol. The Bertz CT molecular complexity index is 361. The third-order valence-corrected chi connectivity index (χ3v) is 3.14. The number of carbonyl (C=O) groups excluding carboxylic acids is 1. The Labute approximate surface area is 120 Å². The van der Waals surface area contributed by atoms with Gasteiger partial charge in [-0.05, 0) is 44.0 Å². The molecule has 0 aliphatic rings. The third kappa shape index (κ3) is 6.89. The number of amides is 1. The zero-order valence-corrected chi connectivity index (χ0v) is 12.5. The Morgan fingerprint density at radius 1 is 1.39 bits per heavy atom. The summed E-state index contributed by atoms with van der Waals surface area (Å²) in [6.45, 7) is 2.99. The molecule has 18 heavy (non-hydrogen) atoms. The number of rotatable bonds is 7. The first-order valence-electron chi connectivity index (χ1n) is 5.93. The largest absolute Gasteiger partial charge is 0.326 e. The predicted octanol–water partition coefficient (Wildman–Crippen LogP) is 3.16. The van der Waals surface area contributed by atoms with E-state index >= 15 is 0 Å². The van der Waals surface area contributed by atoms with Gasteiger partial charge in [0.05, 0.1) is 0 Å². The van der Waals surface area contributed by atoms with Crippen LogP contribution in [0.1, 0.15) is 19.8 Å². The summed E-state index contributed by atoms with van der Waals surface area (Å²) < 4.78 is 0. The smallest absolute Gasteiger partial charge is 0.224 e. The molecule has 0 bridgehead atoms. The second-order valence-corrected chi connectivity index (χ2v) is 5.05. The van der Waals surface area contributed by atoms with Crippen LogP contribution in [0.3, 0.4) is 0 Å². The van der Waals surface area contributed by atoms with Crippen LogP contribution in [0.15, 0.2) is 29.2 Å². The van der Waals surface area contributed by atoms with E-state index in [0.29, 0.717) is 6.42 Å². The monoisotopic (exact) mass is 288 g/mol. The van der Waals surface area contributed by atoms with Gasteiger partial charge >= 0.3 is 0 Å². The van der Waals surface area contributed by atoms with E-state index in [2.05, 4.69) is 23.6 Å². The number of carbonyl (C=O) groups is 1. The summed E-state index contributed by atoms with van der Waals surface area (Å²) in [6, 6.07) is 7.98. The molecular formula is C13H21ClN2OS. The van der Waals surface area contributed by atoms with Gasteiger partial charge in [0.2, 0.25) is 5.91 Å². The van der Waals surface area contributed by atoms with Gasteiger partial charge in [0.25, 0.3) is 0 Å². The van der Waals surface area contributed by atoms with Crippen LogP contribution in [-0.2, 0) is 4.79 Å². The van der Waals surface area contributed by atoms with Gasteiger partial charge < -0.3 is 10.6 Å². The van der Waals surface area contributed by atoms with Crippen molar-refractivity contribution in [2.75, 3.05) is 24.7 Å². The van der Waals surface area contributed by atoms with Gasteiger partial charge in [-0.2, -0.15) is 0 Å². The van der Waals surface area contributed by atoms with Crippen molar-refractivity contribution < 1.29 is 4.79 Å². The average Bonchev–Trinajstić information content (AvgIpc) is 2.30. The molecule has 3 nitrogen and oxygen atoms in total. The number of halogens is 1. The van der Waals surface area contributed by atoms with Gasteiger partial charge in [-0.25, -0.2) is 0 Å². The van der Waals surface area contributed by atoms with Crippen LogP contribution in [-0.4, -0.2) is 25.3 Å². The van der Waals surface area contributed by atoms with E-state index in [4.69, 9.17) is 0 Å². The highest BCUT2D eigenvalue weighted by atomic mass is 35.5. The zero-order chi connectivity index (χ0) is 12.5. The first-order valence-corrected chi connectivity index (χ1v) is 6.92. The van der Waals surface area contributed by atoms with E-state index in [0.717, 1.165) is 24.4 Å². The van der Waals surface area contributed by atoms with Crippen LogP contribution < -0.4 is 10.6 Å².